The highest BCUT2D eigenvalue weighted by Gasteiger charge is 2.21. The van der Waals surface area contributed by atoms with Gasteiger partial charge in [0, 0.05) is 12.0 Å². The van der Waals surface area contributed by atoms with Crippen LogP contribution in [0.5, 0.6) is 5.75 Å². The Labute approximate surface area is 185 Å². The van der Waals surface area contributed by atoms with Crippen molar-refractivity contribution >= 4 is 38.1 Å². The molecule has 164 valence electrons. The SMILES string of the molecule is CCCCc1nnc(NC(=O)c2ccc(C)c(S(=O)(=O)Nc3ccccc3OC)c2)s1. The largest absolute Gasteiger partial charge is 0.495 e. The number of ether oxygens (including phenoxy) is 1. The van der Waals surface area contributed by atoms with Crippen LogP contribution in [0.15, 0.2) is 47.4 Å². The fourth-order valence-corrected chi connectivity index (χ4v) is 4.98. The molecule has 0 fully saturated rings. The molecule has 0 aliphatic rings. The van der Waals surface area contributed by atoms with Crippen LogP contribution in [0.25, 0.3) is 0 Å². The number of hydrogen-bond donors (Lipinski definition) is 2. The Hall–Kier alpha value is -2.98. The monoisotopic (exact) mass is 460 g/mol. The number of amides is 1. The Bertz CT molecular complexity index is 1180. The van der Waals surface area contributed by atoms with Crippen LogP contribution in [-0.4, -0.2) is 31.6 Å². The number of unbranched alkanes of at least 4 members (excludes halogenated alkanes) is 1. The van der Waals surface area contributed by atoms with Gasteiger partial charge >= 0.3 is 0 Å². The van der Waals surface area contributed by atoms with Crippen LogP contribution in [0.4, 0.5) is 10.8 Å². The lowest BCUT2D eigenvalue weighted by Crippen LogP contribution is -2.17. The number of nitrogens with zero attached hydrogens (tertiary/aromatic N) is 2. The van der Waals surface area contributed by atoms with Crippen molar-refractivity contribution in [3.63, 3.8) is 0 Å². The highest BCUT2D eigenvalue weighted by Crippen LogP contribution is 2.28. The Morgan fingerprint density at radius 1 is 1.16 bits per heavy atom. The first-order valence-electron chi connectivity index (χ1n) is 9.74. The summed E-state index contributed by atoms with van der Waals surface area (Å²) in [6.45, 7) is 3.76. The average Bonchev–Trinajstić information content (AvgIpc) is 3.19. The molecule has 10 heteroatoms. The van der Waals surface area contributed by atoms with Gasteiger partial charge in [-0.1, -0.05) is 42.9 Å². The molecular formula is C21H24N4O4S2. The predicted molar refractivity (Wildman–Crippen MR) is 121 cm³/mol. The van der Waals surface area contributed by atoms with E-state index in [1.165, 1.54) is 24.5 Å². The fraction of sp³-hybridized carbons (Fsp3) is 0.286. The zero-order valence-electron chi connectivity index (χ0n) is 17.5. The molecule has 3 rings (SSSR count). The highest BCUT2D eigenvalue weighted by atomic mass is 32.2. The Kier molecular flexibility index (Phi) is 7.24. The minimum Gasteiger partial charge on any atom is -0.495 e. The van der Waals surface area contributed by atoms with Gasteiger partial charge in [-0.3, -0.25) is 14.8 Å². The average molecular weight is 461 g/mol. The molecule has 0 aliphatic carbocycles. The van der Waals surface area contributed by atoms with Crippen LogP contribution in [0.2, 0.25) is 0 Å². The minimum atomic E-state index is -3.95. The van der Waals surface area contributed by atoms with E-state index >= 15 is 0 Å². The zero-order valence-corrected chi connectivity index (χ0v) is 19.1. The van der Waals surface area contributed by atoms with Crippen molar-refractivity contribution in [3.05, 3.63) is 58.6 Å². The Morgan fingerprint density at radius 3 is 2.68 bits per heavy atom. The lowest BCUT2D eigenvalue weighted by atomic mass is 10.1. The van der Waals surface area contributed by atoms with Gasteiger partial charge < -0.3 is 4.74 Å². The Balaban J connectivity index is 1.82. The van der Waals surface area contributed by atoms with Crippen LogP contribution in [0.1, 0.15) is 40.7 Å². The molecule has 31 heavy (non-hydrogen) atoms. The molecule has 3 aromatic rings. The lowest BCUT2D eigenvalue weighted by Gasteiger charge is -2.14. The lowest BCUT2D eigenvalue weighted by molar-refractivity contribution is 0.102. The first-order valence-corrected chi connectivity index (χ1v) is 12.0. The van der Waals surface area contributed by atoms with Gasteiger partial charge in [0.2, 0.25) is 5.13 Å². The number of anilines is 2. The molecule has 1 amide bonds. The van der Waals surface area contributed by atoms with E-state index in [2.05, 4.69) is 27.2 Å². The molecule has 0 radical (unpaired) electrons. The second kappa shape index (κ2) is 9.88. The van der Waals surface area contributed by atoms with Crippen LogP contribution in [0, 0.1) is 6.92 Å². The molecule has 2 aromatic carbocycles. The number of methoxy groups -OCH3 is 1. The van der Waals surface area contributed by atoms with Crippen LogP contribution in [-0.2, 0) is 16.4 Å². The molecule has 0 bridgehead atoms. The van der Waals surface area contributed by atoms with E-state index in [-0.39, 0.29) is 10.5 Å². The van der Waals surface area contributed by atoms with Gasteiger partial charge in [-0.15, -0.1) is 10.2 Å². The molecule has 1 heterocycles. The van der Waals surface area contributed by atoms with Crippen molar-refractivity contribution in [1.29, 1.82) is 0 Å². The molecule has 0 atom stereocenters. The summed E-state index contributed by atoms with van der Waals surface area (Å²) in [6, 6.07) is 11.2. The van der Waals surface area contributed by atoms with Crippen molar-refractivity contribution in [2.75, 3.05) is 17.1 Å². The number of aromatic nitrogens is 2. The number of benzene rings is 2. The number of hydrogen-bond acceptors (Lipinski definition) is 7. The molecule has 8 nitrogen and oxygen atoms in total. The summed E-state index contributed by atoms with van der Waals surface area (Å²) in [7, 11) is -2.48. The topological polar surface area (TPSA) is 110 Å². The molecule has 1 aromatic heterocycles. The number of carbonyl (C=O) groups excluding carboxylic acids is 1. The van der Waals surface area contributed by atoms with Crippen molar-refractivity contribution in [1.82, 2.24) is 10.2 Å². The van der Waals surface area contributed by atoms with Crippen molar-refractivity contribution < 1.29 is 17.9 Å². The summed E-state index contributed by atoms with van der Waals surface area (Å²) in [5, 5.41) is 12.0. The third-order valence-electron chi connectivity index (χ3n) is 4.52. The van der Waals surface area contributed by atoms with Gasteiger partial charge in [-0.05, 0) is 43.2 Å². The second-order valence-electron chi connectivity index (χ2n) is 6.84. The zero-order chi connectivity index (χ0) is 22.4. The van der Waals surface area contributed by atoms with Gasteiger partial charge in [-0.25, -0.2) is 8.42 Å². The molecule has 2 N–H and O–H groups in total. The predicted octanol–water partition coefficient (Wildman–Crippen LogP) is 4.25. The van der Waals surface area contributed by atoms with E-state index in [4.69, 9.17) is 4.74 Å². The summed E-state index contributed by atoms with van der Waals surface area (Å²) in [5.41, 5.74) is 1.03. The number of aryl methyl sites for hydroxylation is 2. The highest BCUT2D eigenvalue weighted by molar-refractivity contribution is 7.92. The van der Waals surface area contributed by atoms with Crippen molar-refractivity contribution in [2.24, 2.45) is 0 Å². The van der Waals surface area contributed by atoms with Gasteiger partial charge in [0.05, 0.1) is 17.7 Å². The van der Waals surface area contributed by atoms with Crippen LogP contribution < -0.4 is 14.8 Å². The molecule has 0 saturated heterocycles. The summed E-state index contributed by atoms with van der Waals surface area (Å²) in [4.78, 5) is 12.7. The first kappa shape index (κ1) is 22.7. The first-order chi connectivity index (χ1) is 14.8. The number of nitrogens with one attached hydrogen (secondary N) is 2. The third-order valence-corrected chi connectivity index (χ3v) is 6.93. The smallest absolute Gasteiger partial charge is 0.262 e. The number of sulfonamides is 1. The van der Waals surface area contributed by atoms with E-state index in [1.54, 1.807) is 43.3 Å². The van der Waals surface area contributed by atoms with E-state index in [1.807, 2.05) is 0 Å². The summed E-state index contributed by atoms with van der Waals surface area (Å²) in [6.07, 6.45) is 2.86. The van der Waals surface area contributed by atoms with Gasteiger partial charge in [0.25, 0.3) is 15.9 Å². The van der Waals surface area contributed by atoms with E-state index in [9.17, 15) is 13.2 Å². The van der Waals surface area contributed by atoms with Gasteiger partial charge in [0.1, 0.15) is 10.8 Å². The summed E-state index contributed by atoms with van der Waals surface area (Å²) >= 11 is 1.32. The van der Waals surface area contributed by atoms with Crippen molar-refractivity contribution in [2.45, 2.75) is 38.0 Å². The maximum atomic E-state index is 13.0. The molecule has 0 unspecified atom stereocenters. The standard InChI is InChI=1S/C21H24N4O4S2/c1-4-5-10-19-23-24-21(30-19)22-20(26)15-12-11-14(2)18(13-15)31(27,28)25-16-8-6-7-9-17(16)29-3/h6-9,11-13,25H,4-5,10H2,1-3H3,(H,22,24,26). The summed E-state index contributed by atoms with van der Waals surface area (Å²) in [5.74, 6) is -0.0558. The van der Waals surface area contributed by atoms with Crippen LogP contribution >= 0.6 is 11.3 Å². The fourth-order valence-electron chi connectivity index (χ4n) is 2.86. The van der Waals surface area contributed by atoms with Gasteiger partial charge in [0.15, 0.2) is 0 Å². The third kappa shape index (κ3) is 5.59. The maximum Gasteiger partial charge on any atom is 0.262 e. The summed E-state index contributed by atoms with van der Waals surface area (Å²) < 4.78 is 33.8. The second-order valence-corrected chi connectivity index (χ2v) is 9.56. The minimum absolute atomic E-state index is 0.00644. The Morgan fingerprint density at radius 2 is 1.94 bits per heavy atom. The van der Waals surface area contributed by atoms with Crippen LogP contribution in [0.3, 0.4) is 0 Å². The molecular weight excluding hydrogens is 436 g/mol. The molecule has 0 aliphatic heterocycles. The quantitative estimate of drug-likeness (QED) is 0.494. The van der Waals surface area contributed by atoms with E-state index in [0.29, 0.717) is 22.1 Å². The van der Waals surface area contributed by atoms with Gasteiger partial charge in [-0.2, -0.15) is 0 Å². The van der Waals surface area contributed by atoms with Crippen molar-refractivity contribution in [3.8, 4) is 5.75 Å². The van der Waals surface area contributed by atoms with E-state index in [0.717, 1.165) is 24.3 Å². The maximum absolute atomic E-state index is 13.0. The normalized spacial score (nSPS) is 11.2. The molecule has 0 saturated carbocycles. The number of para-hydroxylation sites is 2. The molecule has 0 spiro atoms. The number of carbonyl (C=O) groups is 1. The van der Waals surface area contributed by atoms with E-state index < -0.39 is 15.9 Å². The number of rotatable bonds is 9.